The van der Waals surface area contributed by atoms with Crippen molar-refractivity contribution in [2.75, 3.05) is 0 Å². The molecule has 0 aliphatic carbocycles. The van der Waals surface area contributed by atoms with Crippen LogP contribution in [0.25, 0.3) is 111 Å². The summed E-state index contributed by atoms with van der Waals surface area (Å²) in [4.78, 5) is 6.69. The van der Waals surface area contributed by atoms with Crippen LogP contribution in [0.5, 0.6) is 0 Å². The zero-order valence-electron chi connectivity index (χ0n) is 52.3. The molecule has 40 heteroatoms. The van der Waals surface area contributed by atoms with Crippen molar-refractivity contribution in [3.63, 3.8) is 0 Å². The fourth-order valence-electron chi connectivity index (χ4n) is 12.1. The molecule has 0 unspecified atom stereocenters. The average Bonchev–Trinajstić information content (AvgIpc) is 0.719. The molecule has 0 aliphatic rings. The van der Waals surface area contributed by atoms with Crippen molar-refractivity contribution in [1.82, 2.24) is 9.97 Å². The number of hydrogen-bond acceptors (Lipinski definition) is 2. The summed E-state index contributed by atoms with van der Waals surface area (Å²) in [6.07, 6.45) is -41.4. The summed E-state index contributed by atoms with van der Waals surface area (Å²) in [7, 11) is 0. The molecule has 0 atom stereocenters. The van der Waals surface area contributed by atoms with Crippen LogP contribution < -0.4 is 0 Å². The van der Waals surface area contributed by atoms with Gasteiger partial charge in [0.1, 0.15) is 16.0 Å². The van der Waals surface area contributed by atoms with Crippen LogP contribution in [0.2, 0.25) is 55.5 Å². The lowest BCUT2D eigenvalue weighted by molar-refractivity contribution is -0.150. The maximum atomic E-state index is 16.8. The molecule has 0 fully saturated rings. The Bertz CT molecular complexity index is 5700. The molecule has 2 heterocycles. The first-order valence-corrected chi connectivity index (χ1v) is 37.5. The van der Waals surface area contributed by atoms with Gasteiger partial charge in [-0.3, -0.25) is 0 Å². The molecule has 11 aromatic rings. The predicted molar refractivity (Wildman–Crippen MR) is 405 cm³/mol. The Hall–Kier alpha value is -4.67. The van der Waals surface area contributed by atoms with Gasteiger partial charge in [0, 0.05) is 73.0 Å². The molecule has 2 nitrogen and oxygen atoms in total. The molecule has 0 radical (unpaired) electrons. The van der Waals surface area contributed by atoms with Crippen LogP contribution >= 0.6 is 207 Å². The number of nitrogens with zero attached hydrogens (tertiary/aromatic N) is 2. The number of benzene rings is 9. The Balaban J connectivity index is 1.37. The normalized spacial score (nSPS) is 12.8. The lowest BCUT2D eigenvalue weighted by atomic mass is 9.79. The van der Waals surface area contributed by atoms with E-state index < -0.39 is 263 Å². The molecular weight excluding hydrogens is 2090 g/mol. The third-order valence-electron chi connectivity index (χ3n) is 16.5. The number of halogens is 38. The van der Waals surface area contributed by atoms with E-state index in [4.69, 9.17) is 128 Å². The molecule has 11 rings (SSSR count). The summed E-state index contributed by atoms with van der Waals surface area (Å²) in [6.45, 7) is 0. The van der Waals surface area contributed by atoms with Crippen LogP contribution in [0, 0.1) is 5.82 Å². The van der Waals surface area contributed by atoms with Crippen LogP contribution in [0.1, 0.15) is 39.2 Å². The van der Waals surface area contributed by atoms with Crippen molar-refractivity contribution >= 4 is 207 Å². The monoisotopic (exact) mass is 2100 g/mol. The van der Waals surface area contributed by atoms with Gasteiger partial charge in [-0.2, -0.15) is 92.2 Å². The van der Waals surface area contributed by atoms with Crippen molar-refractivity contribution in [1.29, 1.82) is 0 Å². The number of rotatable bonds is 10. The Morgan fingerprint density at radius 3 is 1.33 bits per heavy atom. The highest BCUT2D eigenvalue weighted by Crippen LogP contribution is 2.62. The first-order chi connectivity index (χ1) is 51.0. The lowest BCUT2D eigenvalue weighted by Crippen LogP contribution is -2.18. The van der Waals surface area contributed by atoms with Gasteiger partial charge < -0.3 is 0 Å². The second-order valence-electron chi connectivity index (χ2n) is 23.4. The van der Waals surface area contributed by atoms with Gasteiger partial charge in [-0.25, -0.2) is 14.4 Å². The fraction of sp³-hybridized carbons (Fsp3) is 0.0986. The van der Waals surface area contributed by atoms with E-state index in [1.165, 1.54) is 18.2 Å². The van der Waals surface area contributed by atoms with E-state index in [-0.39, 0.29) is 44.3 Å². The first-order valence-electron chi connectivity index (χ1n) is 29.4. The van der Waals surface area contributed by atoms with E-state index >= 15 is 83.4 Å². The zero-order valence-corrected chi connectivity index (χ0v) is 68.5. The topological polar surface area (TPSA) is 25.8 Å². The highest BCUT2D eigenvalue weighted by Gasteiger charge is 2.48. The number of alkyl halides is 21. The van der Waals surface area contributed by atoms with E-state index in [0.717, 1.165) is 24.3 Å². The molecule has 580 valence electrons. The number of aromatic nitrogens is 2. The predicted octanol–water partition coefficient (Wildman–Crippen LogP) is 35.4. The van der Waals surface area contributed by atoms with Crippen molar-refractivity contribution in [2.45, 2.75) is 43.2 Å². The molecular formula is C71H20Br5Cl11F22N2. The molecule has 0 bridgehead atoms. The van der Waals surface area contributed by atoms with E-state index in [0.29, 0.717) is 48.5 Å². The molecule has 0 amide bonds. The minimum Gasteiger partial charge on any atom is -0.238 e. The molecule has 0 saturated carbocycles. The van der Waals surface area contributed by atoms with Gasteiger partial charge in [-0.1, -0.05) is 188 Å². The van der Waals surface area contributed by atoms with Gasteiger partial charge in [-0.05, 0) is 202 Å². The first kappa shape index (κ1) is 87.2. The van der Waals surface area contributed by atoms with Crippen molar-refractivity contribution < 1.29 is 96.6 Å². The Labute approximate surface area is 705 Å². The number of hydrogen-bond donors (Lipinski definition) is 0. The Kier molecular flexibility index (Phi) is 24.6. The molecule has 0 spiro atoms. The summed E-state index contributed by atoms with van der Waals surface area (Å²) in [5.41, 5.74) is -38.2. The maximum Gasteiger partial charge on any atom is 0.433 e. The molecule has 0 aliphatic heterocycles. The van der Waals surface area contributed by atoms with Gasteiger partial charge >= 0.3 is 43.2 Å². The Morgan fingerprint density at radius 2 is 0.784 bits per heavy atom. The maximum absolute atomic E-state index is 16.8. The van der Waals surface area contributed by atoms with Crippen LogP contribution in [0.3, 0.4) is 0 Å². The van der Waals surface area contributed by atoms with Gasteiger partial charge in [0.2, 0.25) is 0 Å². The van der Waals surface area contributed by atoms with Crippen LogP contribution in [0.4, 0.5) is 96.6 Å². The smallest absolute Gasteiger partial charge is 0.238 e. The highest BCUT2D eigenvalue weighted by molar-refractivity contribution is 9.11. The number of pyridine rings is 2. The highest BCUT2D eigenvalue weighted by atomic mass is 79.9. The van der Waals surface area contributed by atoms with Crippen molar-refractivity contribution in [3.05, 3.63) is 244 Å². The fourth-order valence-corrected chi connectivity index (χ4v) is 18.1. The van der Waals surface area contributed by atoms with Crippen molar-refractivity contribution in [3.8, 4) is 111 Å². The van der Waals surface area contributed by atoms with E-state index in [9.17, 15) is 13.2 Å². The molecule has 2 aromatic heterocycles. The molecule has 0 N–H and O–H groups in total. The Morgan fingerprint density at radius 1 is 0.288 bits per heavy atom. The summed E-state index contributed by atoms with van der Waals surface area (Å²) in [5.74, 6) is -1.28. The summed E-state index contributed by atoms with van der Waals surface area (Å²) < 4.78 is 348. The van der Waals surface area contributed by atoms with Crippen molar-refractivity contribution in [2.24, 2.45) is 0 Å². The summed E-state index contributed by atoms with van der Waals surface area (Å²) >= 11 is 89.3. The molecule has 111 heavy (non-hydrogen) atoms. The lowest BCUT2D eigenvalue weighted by Gasteiger charge is -2.28. The van der Waals surface area contributed by atoms with E-state index in [1.807, 2.05) is 0 Å². The second kappa shape index (κ2) is 31.3. The van der Waals surface area contributed by atoms with Crippen LogP contribution in [0.15, 0.2) is 144 Å². The van der Waals surface area contributed by atoms with Gasteiger partial charge in [-0.15, -0.1) is 0 Å². The quantitative estimate of drug-likeness (QED) is 0.0775. The second-order valence-corrected chi connectivity index (χ2v) is 32.0. The largest absolute Gasteiger partial charge is 0.433 e. The third-order valence-corrected chi connectivity index (χ3v) is 23.7. The van der Waals surface area contributed by atoms with E-state index in [1.54, 1.807) is 0 Å². The van der Waals surface area contributed by atoms with Gasteiger partial charge in [0.25, 0.3) is 0 Å². The SMILES string of the molecule is Fc1c(Cl)cc(-c2c(Cl)c(-c3cc(Cl)cc(C(F)(F)F)c3)cc(-c3cc(Cl)c(Cl)c(Cl)c3-c3cc(C(F)(F)F)cc(C(F)(F)F)c3-c3cccc(C(F)(F)F)c3-c3cc(Cl)nc(Cl)c3-c3cc(C(F)(F)F)nc(C(F)(F)F)c3-c3cc(Cl)c(Br)c(Cl)c3-c3cc(C(F)(F)F)cc(Br)c3-c3cc(Br)cc(Br)c3)c2Br)cc1Cl. The molecule has 0 saturated heterocycles. The zero-order chi connectivity index (χ0) is 82.5. The average molecular weight is 2110 g/mol. The third kappa shape index (κ3) is 17.3. The van der Waals surface area contributed by atoms with Gasteiger partial charge in [0.15, 0.2) is 11.5 Å². The van der Waals surface area contributed by atoms with E-state index in [2.05, 4.69) is 89.6 Å². The summed E-state index contributed by atoms with van der Waals surface area (Å²) in [6, 6.07) is 10.2. The van der Waals surface area contributed by atoms with Crippen LogP contribution in [-0.2, 0) is 43.2 Å². The van der Waals surface area contributed by atoms with Gasteiger partial charge in [0.05, 0.1) is 72.5 Å². The molecule has 9 aromatic carbocycles. The summed E-state index contributed by atoms with van der Waals surface area (Å²) in [5, 5.41) is -10.4. The minimum absolute atomic E-state index is 0.0662. The minimum atomic E-state index is -6.32. The standard InChI is InChI=1S/C71H20Br5Cl11F22N2/c72-27-5-22(6-28(73)15-27)48-34(12-26(14-41(48)74)67(95,96)97)53-36(18-42(78)57(76)60(53)85)54-37(19-46(70(104,105)106)110-63(54)71(107,108)109)55-38(20-47(82)111-64(55)87)50-30(2-1-3-39(50)68(98,99)100)51-35(11-25(66(92,93)94)13-40(51)69(101,102)103)52-32(17-43(79)59(84)61(52)86)33-16-31(21-4-24(65(89,90)91)10-29(77)7-21)58(83)49(56(33)75)23-8-44(80)62(88)45(81)9-23/h1-20H. The van der Waals surface area contributed by atoms with Crippen LogP contribution in [-0.4, -0.2) is 9.97 Å².